The molecule has 10 atom stereocenters. The zero-order chi connectivity index (χ0) is 34.6. The molecule has 12 rings (SSSR count). The Hall–Kier alpha value is -2.90. The van der Waals surface area contributed by atoms with Crippen molar-refractivity contribution in [3.05, 3.63) is 59.2 Å². The van der Waals surface area contributed by atoms with Gasteiger partial charge in [0.25, 0.3) is 23.6 Å². The monoisotopic (exact) mass is 746 g/mol. The molecule has 4 N–H and O–H groups in total. The van der Waals surface area contributed by atoms with E-state index in [-0.39, 0.29) is 17.5 Å². The van der Waals surface area contributed by atoms with Gasteiger partial charge in [0, 0.05) is 25.5 Å². The van der Waals surface area contributed by atoms with Crippen molar-refractivity contribution in [2.75, 3.05) is 24.7 Å². The van der Waals surface area contributed by atoms with Crippen LogP contribution >= 0.6 is 43.2 Å². The molecular formula is C31H28F2N6O6S4. The first-order chi connectivity index (χ1) is 23.2. The van der Waals surface area contributed by atoms with Crippen molar-refractivity contribution < 1.29 is 38.2 Å². The molecule has 10 heterocycles. The van der Waals surface area contributed by atoms with Crippen LogP contribution in [0.5, 0.6) is 0 Å². The van der Waals surface area contributed by atoms with E-state index >= 15 is 8.78 Å². The highest BCUT2D eigenvalue weighted by molar-refractivity contribution is 8.78. The fourth-order valence-corrected chi connectivity index (χ4v) is 17.7. The average Bonchev–Trinajstić information content (AvgIpc) is 3.72. The van der Waals surface area contributed by atoms with Crippen molar-refractivity contribution in [3.63, 3.8) is 0 Å². The Bertz CT molecular complexity index is 2030. The first kappa shape index (κ1) is 30.9. The maximum Gasteiger partial charge on any atom is 0.264 e. The van der Waals surface area contributed by atoms with Crippen LogP contribution in [0.3, 0.4) is 0 Å². The Kier molecular flexibility index (Phi) is 5.52. The lowest BCUT2D eigenvalue weighted by Gasteiger charge is -2.58. The van der Waals surface area contributed by atoms with Gasteiger partial charge in [0.2, 0.25) is 9.74 Å². The van der Waals surface area contributed by atoms with Gasteiger partial charge in [-0.3, -0.25) is 29.0 Å². The molecule has 4 bridgehead atoms. The van der Waals surface area contributed by atoms with Gasteiger partial charge >= 0.3 is 0 Å². The van der Waals surface area contributed by atoms with Crippen LogP contribution in [0.1, 0.15) is 31.4 Å². The number of fused-ring (bicyclic) bond motifs is 11. The number of aliphatic hydroxyl groups is 2. The predicted octanol–water partition coefficient (Wildman–Crippen LogP) is 2.00. The zero-order valence-electron chi connectivity index (χ0n) is 26.2. The van der Waals surface area contributed by atoms with Crippen molar-refractivity contribution in [1.82, 2.24) is 19.6 Å². The Morgan fingerprint density at radius 2 is 1.18 bits per heavy atom. The van der Waals surface area contributed by atoms with E-state index in [1.54, 1.807) is 13.8 Å². The van der Waals surface area contributed by atoms with Crippen molar-refractivity contribution in [1.29, 1.82) is 0 Å². The minimum atomic E-state index is -2.05. The Labute approximate surface area is 293 Å². The van der Waals surface area contributed by atoms with Gasteiger partial charge in [-0.1, -0.05) is 28.5 Å². The number of benzene rings is 2. The molecule has 49 heavy (non-hydrogen) atoms. The third-order valence-corrected chi connectivity index (χ3v) is 20.0. The topological polar surface area (TPSA) is 146 Å². The molecule has 8 fully saturated rings. The summed E-state index contributed by atoms with van der Waals surface area (Å²) in [6.07, 6.45) is -6.17. The van der Waals surface area contributed by atoms with Gasteiger partial charge < -0.3 is 30.6 Å². The van der Waals surface area contributed by atoms with Gasteiger partial charge in [-0.2, -0.15) is 0 Å². The predicted molar refractivity (Wildman–Crippen MR) is 179 cm³/mol. The number of hydrogen-bond acceptors (Lipinski definition) is 12. The molecule has 12 nitrogen and oxygen atoms in total. The average molecular weight is 747 g/mol. The molecule has 18 heteroatoms. The van der Waals surface area contributed by atoms with E-state index in [2.05, 4.69) is 10.6 Å². The zero-order valence-corrected chi connectivity index (χ0v) is 29.5. The summed E-state index contributed by atoms with van der Waals surface area (Å²) in [5.41, 5.74) is -3.21. The molecule has 0 radical (unpaired) electrons. The van der Waals surface area contributed by atoms with Crippen LogP contribution in [0.4, 0.5) is 20.2 Å². The molecule has 2 aromatic rings. The van der Waals surface area contributed by atoms with Gasteiger partial charge in [-0.05, 0) is 82.5 Å². The summed E-state index contributed by atoms with van der Waals surface area (Å²) in [6.45, 7) is 3.39. The molecular weight excluding hydrogens is 719 g/mol. The van der Waals surface area contributed by atoms with Crippen LogP contribution in [0.2, 0.25) is 0 Å². The van der Waals surface area contributed by atoms with Crippen LogP contribution in [0.15, 0.2) is 36.4 Å². The van der Waals surface area contributed by atoms with E-state index in [4.69, 9.17) is 0 Å². The fourth-order valence-electron chi connectivity index (χ4n) is 10.2. The Morgan fingerprint density at radius 1 is 0.714 bits per heavy atom. The third kappa shape index (κ3) is 2.67. The largest absolute Gasteiger partial charge is 0.388 e. The van der Waals surface area contributed by atoms with E-state index in [0.29, 0.717) is 11.4 Å². The molecule has 0 aromatic heterocycles. The van der Waals surface area contributed by atoms with E-state index < -0.39 is 90.1 Å². The summed E-state index contributed by atoms with van der Waals surface area (Å²) in [4.78, 5) is 57.4. The number of carbonyl (C=O) groups is 4. The molecule has 2 aromatic carbocycles. The maximum absolute atomic E-state index is 15.6. The van der Waals surface area contributed by atoms with E-state index in [9.17, 15) is 29.4 Å². The minimum absolute atomic E-state index is 0.126. The summed E-state index contributed by atoms with van der Waals surface area (Å²) in [6, 6.07) is 7.72. The van der Waals surface area contributed by atoms with E-state index in [1.165, 1.54) is 70.1 Å². The second-order valence-electron chi connectivity index (χ2n) is 13.9. The van der Waals surface area contributed by atoms with Crippen LogP contribution in [-0.2, 0) is 30.0 Å². The number of carbonyl (C=O) groups excluding carboxylic acids is 4. The van der Waals surface area contributed by atoms with Crippen molar-refractivity contribution >= 4 is 78.2 Å². The number of halogens is 2. The maximum atomic E-state index is 15.6. The molecule has 0 unspecified atom stereocenters. The van der Waals surface area contributed by atoms with Crippen LogP contribution in [-0.4, -0.2) is 112 Å². The quantitative estimate of drug-likeness (QED) is 0.334. The Morgan fingerprint density at radius 3 is 1.69 bits per heavy atom. The van der Waals surface area contributed by atoms with E-state index in [0.717, 1.165) is 43.2 Å². The van der Waals surface area contributed by atoms with Crippen LogP contribution in [0.25, 0.3) is 0 Å². The highest BCUT2D eigenvalue weighted by atomic mass is 33.1. The standard InChI is InChI=1S/C31H28F2N6O6S4/c1-5-27-23(43)39-21-29(15-11-13(33)7-9-17(15)35-21,19(41)31(39,49-47-27)25(45)37(27)4)28-14-10-12(32)6-8-16(14)34-20(28)38-22(42)26(2)36(3)24(44)30(38,18(28)40)48-46-26/h6-11,18-21,34-35,40-41H,5H2,1-4H3/t18-,19-,20+,21+,26-,27-,28+,29+,30-,31-/m0/s1. The second-order valence-corrected chi connectivity index (χ2v) is 19.3. The normalized spacial score (nSPS) is 44.9. The molecule has 10 aliphatic heterocycles. The molecule has 4 amide bonds. The molecule has 10 aliphatic rings. The van der Waals surface area contributed by atoms with Crippen LogP contribution < -0.4 is 10.6 Å². The number of rotatable bonds is 2. The summed E-state index contributed by atoms with van der Waals surface area (Å²) < 4.78 is 31.2. The third-order valence-electron chi connectivity index (χ3n) is 12.5. The highest BCUT2D eigenvalue weighted by Gasteiger charge is 2.93. The highest BCUT2D eigenvalue weighted by Crippen LogP contribution is 2.78. The van der Waals surface area contributed by atoms with Crippen molar-refractivity contribution in [2.45, 2.75) is 75.1 Å². The Balaban J connectivity index is 1.37. The number of hydrogen-bond donors (Lipinski definition) is 4. The van der Waals surface area contributed by atoms with Crippen LogP contribution in [0, 0.1) is 11.6 Å². The number of likely N-dealkylation sites (N-methyl/N-ethyl adjacent to an activating group) is 2. The first-order valence-corrected chi connectivity index (χ1v) is 20.0. The van der Waals surface area contributed by atoms with Crippen molar-refractivity contribution in [3.8, 4) is 0 Å². The molecule has 0 saturated carbocycles. The number of amides is 4. The smallest absolute Gasteiger partial charge is 0.264 e. The van der Waals surface area contributed by atoms with Crippen molar-refractivity contribution in [2.24, 2.45) is 0 Å². The summed E-state index contributed by atoms with van der Waals surface area (Å²) >= 11 is 0. The summed E-state index contributed by atoms with van der Waals surface area (Å²) in [7, 11) is 7.31. The SMILES string of the molecule is CC[C@@]12SS[C@]3(C(=O)N1C)[C@@H](O)[C@]1([C@@]45c6cc(F)ccc6N[C@@H]4N4C(=O)[C@]6(C)SS[C@]4(C(=O)N6C)[C@H]5O)c4cc(F)ccc4N[C@@H]1N3C2=O. The minimum Gasteiger partial charge on any atom is -0.388 e. The number of anilines is 2. The fraction of sp³-hybridized carbons (Fsp3) is 0.484. The van der Waals surface area contributed by atoms with Gasteiger partial charge in [0.05, 0.1) is 10.8 Å². The van der Waals surface area contributed by atoms with Gasteiger partial charge in [-0.15, -0.1) is 0 Å². The molecule has 0 aliphatic carbocycles. The lowest BCUT2D eigenvalue weighted by atomic mass is 9.52. The second kappa shape index (κ2) is 8.75. The lowest BCUT2D eigenvalue weighted by Crippen LogP contribution is -2.78. The van der Waals surface area contributed by atoms with E-state index in [1.807, 2.05) is 0 Å². The number of aliphatic hydroxyl groups excluding tert-OH is 2. The first-order valence-electron chi connectivity index (χ1n) is 15.7. The lowest BCUT2D eigenvalue weighted by molar-refractivity contribution is -0.167. The number of piperazine rings is 2. The molecule has 256 valence electrons. The summed E-state index contributed by atoms with van der Waals surface area (Å²) in [5.74, 6) is -3.52. The number of nitrogens with one attached hydrogen (secondary N) is 2. The van der Waals surface area contributed by atoms with Gasteiger partial charge in [0.15, 0.2) is 9.74 Å². The molecule has 2 spiro atoms. The van der Waals surface area contributed by atoms with Gasteiger partial charge in [0.1, 0.15) is 36.2 Å². The molecule has 8 saturated heterocycles. The number of nitrogens with zero attached hydrogens (tertiary/aromatic N) is 4. The summed E-state index contributed by atoms with van der Waals surface area (Å²) in [5, 5.41) is 33.2. The van der Waals surface area contributed by atoms with Gasteiger partial charge in [-0.25, -0.2) is 8.78 Å².